The molecule has 1 saturated carbocycles. The van der Waals surface area contributed by atoms with Crippen LogP contribution in [0.15, 0.2) is 53.5 Å². The molecule has 1 aliphatic carbocycles. The van der Waals surface area contributed by atoms with Crippen LogP contribution in [0, 0.1) is 11.8 Å². The molecule has 1 aliphatic rings. The van der Waals surface area contributed by atoms with Gasteiger partial charge >= 0.3 is 0 Å². The van der Waals surface area contributed by atoms with Crippen molar-refractivity contribution in [3.05, 3.63) is 64.6 Å². The van der Waals surface area contributed by atoms with Crippen molar-refractivity contribution in [3.63, 3.8) is 0 Å². The van der Waals surface area contributed by atoms with Crippen molar-refractivity contribution in [2.24, 2.45) is 17.6 Å². The topological polar surface area (TPSA) is 77.1 Å². The van der Waals surface area contributed by atoms with Gasteiger partial charge in [-0.15, -0.1) is 12.4 Å². The van der Waals surface area contributed by atoms with Gasteiger partial charge in [0.15, 0.2) is 0 Å². The Morgan fingerprint density at radius 3 is 2.64 bits per heavy atom. The van der Waals surface area contributed by atoms with Crippen LogP contribution in [-0.4, -0.2) is 17.0 Å². The Hall–Kier alpha value is -2.11. The molecule has 1 heterocycles. The minimum Gasteiger partial charge on any atom is -0.330 e. The molecule has 5 nitrogen and oxygen atoms in total. The summed E-state index contributed by atoms with van der Waals surface area (Å²) in [6.07, 6.45) is 4.59. The van der Waals surface area contributed by atoms with Crippen LogP contribution in [0.3, 0.4) is 0 Å². The lowest BCUT2D eigenvalue weighted by Gasteiger charge is -2.17. The zero-order chi connectivity index (χ0) is 16.9. The van der Waals surface area contributed by atoms with E-state index >= 15 is 0 Å². The fourth-order valence-electron chi connectivity index (χ4n) is 3.43. The summed E-state index contributed by atoms with van der Waals surface area (Å²) in [6, 6.07) is 13.2. The summed E-state index contributed by atoms with van der Waals surface area (Å²) in [7, 11) is 0. The van der Waals surface area contributed by atoms with E-state index in [0.717, 1.165) is 24.8 Å². The highest BCUT2D eigenvalue weighted by Crippen LogP contribution is 2.31. The van der Waals surface area contributed by atoms with Crippen molar-refractivity contribution >= 4 is 24.0 Å². The van der Waals surface area contributed by atoms with Crippen LogP contribution in [0.25, 0.3) is 0 Å². The minimum atomic E-state index is -0.183. The number of nitrogens with one attached hydrogen (secondary N) is 1. The van der Waals surface area contributed by atoms with E-state index < -0.39 is 0 Å². The highest BCUT2D eigenvalue weighted by molar-refractivity contribution is 5.92. The van der Waals surface area contributed by atoms with Gasteiger partial charge in [0.05, 0.1) is 6.54 Å². The molecule has 6 heteroatoms. The van der Waals surface area contributed by atoms with Crippen LogP contribution in [-0.2, 0) is 11.3 Å². The highest BCUT2D eigenvalue weighted by atomic mass is 35.5. The van der Waals surface area contributed by atoms with Gasteiger partial charge in [-0.25, -0.2) is 0 Å². The first-order valence-corrected chi connectivity index (χ1v) is 8.43. The Kier molecular flexibility index (Phi) is 6.79. The molecular formula is C19H24ClN3O2. The quantitative estimate of drug-likeness (QED) is 0.859. The first kappa shape index (κ1) is 19.2. The number of pyridine rings is 1. The van der Waals surface area contributed by atoms with Crippen LogP contribution >= 0.6 is 12.4 Å². The van der Waals surface area contributed by atoms with E-state index in [1.165, 1.54) is 0 Å². The first-order valence-electron chi connectivity index (χ1n) is 8.43. The number of amides is 1. The number of rotatable bonds is 5. The lowest BCUT2D eigenvalue weighted by atomic mass is 9.95. The van der Waals surface area contributed by atoms with Crippen LogP contribution in [0.1, 0.15) is 24.8 Å². The third-order valence-electron chi connectivity index (χ3n) is 4.77. The van der Waals surface area contributed by atoms with E-state index in [0.29, 0.717) is 18.8 Å². The zero-order valence-corrected chi connectivity index (χ0v) is 14.9. The Bertz CT molecular complexity index is 761. The lowest BCUT2D eigenvalue weighted by molar-refractivity contribution is -0.120. The van der Waals surface area contributed by atoms with E-state index in [9.17, 15) is 9.59 Å². The third kappa shape index (κ3) is 4.50. The monoisotopic (exact) mass is 361 g/mol. The summed E-state index contributed by atoms with van der Waals surface area (Å²) < 4.78 is 1.61. The summed E-state index contributed by atoms with van der Waals surface area (Å²) in [5.41, 5.74) is 6.94. The Morgan fingerprint density at radius 2 is 1.92 bits per heavy atom. The summed E-state index contributed by atoms with van der Waals surface area (Å²) in [5.74, 6) is 0.0509. The number of anilines is 1. The number of carbonyl (C=O) groups is 1. The highest BCUT2D eigenvalue weighted by Gasteiger charge is 2.32. The van der Waals surface area contributed by atoms with Gasteiger partial charge < -0.3 is 15.6 Å². The van der Waals surface area contributed by atoms with Crippen molar-refractivity contribution in [1.29, 1.82) is 0 Å². The van der Waals surface area contributed by atoms with Crippen LogP contribution in [0.4, 0.5) is 5.69 Å². The molecule has 1 aromatic carbocycles. The van der Waals surface area contributed by atoms with Crippen molar-refractivity contribution in [3.8, 4) is 0 Å². The number of hydrogen-bond donors (Lipinski definition) is 2. The van der Waals surface area contributed by atoms with Gasteiger partial charge in [-0.1, -0.05) is 36.8 Å². The minimum absolute atomic E-state index is 0. The normalized spacial score (nSPS) is 19.2. The van der Waals surface area contributed by atoms with E-state index in [4.69, 9.17) is 5.73 Å². The second-order valence-electron chi connectivity index (χ2n) is 6.36. The van der Waals surface area contributed by atoms with Crippen molar-refractivity contribution in [1.82, 2.24) is 4.57 Å². The average Bonchev–Trinajstić information content (AvgIpc) is 3.08. The van der Waals surface area contributed by atoms with Crippen molar-refractivity contribution < 1.29 is 4.79 Å². The summed E-state index contributed by atoms with van der Waals surface area (Å²) in [4.78, 5) is 25.1. The number of aromatic nitrogens is 1. The van der Waals surface area contributed by atoms with E-state index in [1.54, 1.807) is 22.9 Å². The second-order valence-corrected chi connectivity index (χ2v) is 6.36. The molecule has 2 atom stereocenters. The number of halogens is 1. The predicted molar refractivity (Wildman–Crippen MR) is 102 cm³/mol. The largest absolute Gasteiger partial charge is 0.330 e. The maximum absolute atomic E-state index is 12.6. The molecule has 0 spiro atoms. The van der Waals surface area contributed by atoms with Crippen LogP contribution < -0.4 is 16.6 Å². The van der Waals surface area contributed by atoms with Crippen LogP contribution in [0.2, 0.25) is 0 Å². The second kappa shape index (κ2) is 8.83. The van der Waals surface area contributed by atoms with Gasteiger partial charge in [-0.3, -0.25) is 9.59 Å². The van der Waals surface area contributed by atoms with Gasteiger partial charge in [0.2, 0.25) is 5.91 Å². The van der Waals surface area contributed by atoms with E-state index in [2.05, 4.69) is 5.32 Å². The van der Waals surface area contributed by atoms with Crippen molar-refractivity contribution in [2.75, 3.05) is 11.9 Å². The number of carbonyl (C=O) groups excluding carboxylic acids is 1. The molecule has 1 aromatic heterocycles. The van der Waals surface area contributed by atoms with Gasteiger partial charge in [0.25, 0.3) is 5.56 Å². The van der Waals surface area contributed by atoms with E-state index in [1.807, 2.05) is 30.3 Å². The fraction of sp³-hybridized carbons (Fsp3) is 0.368. The molecule has 1 fully saturated rings. The predicted octanol–water partition coefficient (Wildman–Crippen LogP) is 2.63. The van der Waals surface area contributed by atoms with Gasteiger partial charge in [-0.2, -0.15) is 0 Å². The van der Waals surface area contributed by atoms with Gasteiger partial charge in [0, 0.05) is 12.1 Å². The number of nitrogens with zero attached hydrogens (tertiary/aromatic N) is 1. The molecule has 0 saturated heterocycles. The SMILES string of the molecule is Cl.NC[C@H]1CCC[C@H]1C(=O)Nc1cccn(Cc2ccccc2)c1=O. The molecule has 0 radical (unpaired) electrons. The molecular weight excluding hydrogens is 338 g/mol. The molecule has 1 amide bonds. The van der Waals surface area contributed by atoms with E-state index in [-0.39, 0.29) is 35.7 Å². The van der Waals surface area contributed by atoms with Gasteiger partial charge in [-0.05, 0) is 43.0 Å². The Balaban J connectivity index is 0.00000225. The summed E-state index contributed by atoms with van der Waals surface area (Å²) in [6.45, 7) is 1.00. The average molecular weight is 362 g/mol. The Labute approximate surface area is 153 Å². The molecule has 134 valence electrons. The summed E-state index contributed by atoms with van der Waals surface area (Å²) >= 11 is 0. The third-order valence-corrected chi connectivity index (χ3v) is 4.77. The Morgan fingerprint density at radius 1 is 1.16 bits per heavy atom. The standard InChI is InChI=1S/C19H23N3O2.ClH/c20-12-15-8-4-9-16(15)18(23)21-17-10-5-11-22(19(17)24)13-14-6-2-1-3-7-14;/h1-3,5-7,10-11,15-16H,4,8-9,12-13,20H2,(H,21,23);1H/t15-,16-;/m1./s1. The molecule has 0 aliphatic heterocycles. The van der Waals surface area contributed by atoms with Gasteiger partial charge in [0.1, 0.15) is 5.69 Å². The molecule has 0 unspecified atom stereocenters. The molecule has 0 bridgehead atoms. The zero-order valence-electron chi connectivity index (χ0n) is 14.1. The van der Waals surface area contributed by atoms with Crippen molar-refractivity contribution in [2.45, 2.75) is 25.8 Å². The lowest BCUT2D eigenvalue weighted by Crippen LogP contribution is -2.32. The molecule has 3 rings (SSSR count). The maximum atomic E-state index is 12.6. The number of benzene rings is 1. The first-order chi connectivity index (χ1) is 11.7. The maximum Gasteiger partial charge on any atom is 0.274 e. The fourth-order valence-corrected chi connectivity index (χ4v) is 3.43. The molecule has 3 N–H and O–H groups in total. The smallest absolute Gasteiger partial charge is 0.274 e. The van der Waals surface area contributed by atoms with Crippen LogP contribution in [0.5, 0.6) is 0 Å². The number of hydrogen-bond acceptors (Lipinski definition) is 3. The molecule has 25 heavy (non-hydrogen) atoms. The number of nitrogens with two attached hydrogens (primary N) is 1. The molecule has 2 aromatic rings. The summed E-state index contributed by atoms with van der Waals surface area (Å²) in [5, 5.41) is 2.81.